The molecule has 5 heteroatoms. The first kappa shape index (κ1) is 13.6. The van der Waals surface area contributed by atoms with Crippen molar-refractivity contribution in [1.29, 1.82) is 5.41 Å². The molecule has 0 fully saturated rings. The topological polar surface area (TPSA) is 68.3 Å². The van der Waals surface area contributed by atoms with Gasteiger partial charge in [-0.2, -0.15) is 0 Å². The van der Waals surface area contributed by atoms with Crippen LogP contribution in [0, 0.1) is 5.41 Å². The quantitative estimate of drug-likeness (QED) is 0.629. The average Bonchev–Trinajstić information content (AvgIpc) is 2.91. The van der Waals surface area contributed by atoms with Gasteiger partial charge in [0.05, 0.1) is 25.9 Å². The van der Waals surface area contributed by atoms with E-state index >= 15 is 0 Å². The van der Waals surface area contributed by atoms with Gasteiger partial charge in [0.15, 0.2) is 0 Å². The maximum Gasteiger partial charge on any atom is 0.130 e. The van der Waals surface area contributed by atoms with Gasteiger partial charge in [-0.05, 0) is 29.1 Å². The second-order valence-corrected chi connectivity index (χ2v) is 5.05. The number of hydrogen-bond donors (Lipinski definition) is 2. The van der Waals surface area contributed by atoms with Gasteiger partial charge in [-0.15, -0.1) is 11.3 Å². The molecule has 2 rings (SSSR count). The van der Waals surface area contributed by atoms with Gasteiger partial charge in [0.1, 0.15) is 11.6 Å². The van der Waals surface area contributed by atoms with Crippen LogP contribution >= 0.6 is 11.3 Å². The Hall–Kier alpha value is -1.85. The van der Waals surface area contributed by atoms with Gasteiger partial charge >= 0.3 is 0 Å². The molecule has 0 saturated heterocycles. The Bertz CT molecular complexity index is 553. The molecular formula is C14H16N2O2S. The second kappa shape index (κ2) is 6.36. The number of methoxy groups -OCH3 is 1. The molecule has 0 radical (unpaired) electrons. The molecular weight excluding hydrogens is 260 g/mol. The zero-order valence-electron chi connectivity index (χ0n) is 10.7. The standard InChI is InChI=1S/C14H16N2O2S/c1-17-13-7-10(4-5-12(13)14(15)16)8-18-9-11-3-2-6-19-11/h2-7H,8-9H2,1H3,(H3,15,16). The molecule has 0 saturated carbocycles. The third-order valence-corrected chi connectivity index (χ3v) is 3.50. The summed E-state index contributed by atoms with van der Waals surface area (Å²) in [5.74, 6) is 0.604. The van der Waals surface area contributed by atoms with Crippen LogP contribution in [0.4, 0.5) is 0 Å². The third kappa shape index (κ3) is 3.56. The molecule has 3 N–H and O–H groups in total. The van der Waals surface area contributed by atoms with Crippen molar-refractivity contribution in [2.75, 3.05) is 7.11 Å². The number of nitrogen functional groups attached to an aromatic ring is 1. The van der Waals surface area contributed by atoms with Crippen molar-refractivity contribution in [2.45, 2.75) is 13.2 Å². The molecule has 0 atom stereocenters. The highest BCUT2D eigenvalue weighted by molar-refractivity contribution is 7.09. The molecule has 1 aromatic carbocycles. The summed E-state index contributed by atoms with van der Waals surface area (Å²) in [5.41, 5.74) is 7.08. The van der Waals surface area contributed by atoms with E-state index in [-0.39, 0.29) is 5.84 Å². The number of amidine groups is 1. The Morgan fingerprint density at radius 1 is 1.32 bits per heavy atom. The van der Waals surface area contributed by atoms with Crippen molar-refractivity contribution in [3.8, 4) is 5.75 Å². The summed E-state index contributed by atoms with van der Waals surface area (Å²) in [6.45, 7) is 1.11. The maximum absolute atomic E-state index is 7.45. The van der Waals surface area contributed by atoms with Gasteiger partial charge in [0.25, 0.3) is 0 Å². The predicted molar refractivity (Wildman–Crippen MR) is 76.8 cm³/mol. The van der Waals surface area contributed by atoms with E-state index in [0.29, 0.717) is 24.5 Å². The number of thiophene rings is 1. The van der Waals surface area contributed by atoms with E-state index in [1.54, 1.807) is 24.5 Å². The average molecular weight is 276 g/mol. The molecule has 0 aliphatic heterocycles. The minimum Gasteiger partial charge on any atom is -0.496 e. The maximum atomic E-state index is 7.45. The van der Waals surface area contributed by atoms with Gasteiger partial charge in [-0.25, -0.2) is 0 Å². The summed E-state index contributed by atoms with van der Waals surface area (Å²) in [6, 6.07) is 9.59. The molecule has 4 nitrogen and oxygen atoms in total. The lowest BCUT2D eigenvalue weighted by molar-refractivity contribution is 0.109. The first-order valence-electron chi connectivity index (χ1n) is 5.82. The lowest BCUT2D eigenvalue weighted by Crippen LogP contribution is -2.12. The van der Waals surface area contributed by atoms with E-state index in [1.165, 1.54) is 4.88 Å². The first-order chi connectivity index (χ1) is 9.20. The minimum atomic E-state index is 0.00269. The fraction of sp³-hybridized carbons (Fsp3) is 0.214. The summed E-state index contributed by atoms with van der Waals surface area (Å²) < 4.78 is 10.9. The van der Waals surface area contributed by atoms with Gasteiger partial charge in [0, 0.05) is 4.88 Å². The number of ether oxygens (including phenoxy) is 2. The Morgan fingerprint density at radius 2 is 2.16 bits per heavy atom. The lowest BCUT2D eigenvalue weighted by atomic mass is 10.1. The van der Waals surface area contributed by atoms with Crippen molar-refractivity contribution in [2.24, 2.45) is 5.73 Å². The Kier molecular flexibility index (Phi) is 4.54. The van der Waals surface area contributed by atoms with E-state index in [2.05, 4.69) is 0 Å². The molecule has 0 amide bonds. The summed E-state index contributed by atoms with van der Waals surface area (Å²) in [4.78, 5) is 1.20. The molecule has 0 aliphatic rings. The van der Waals surface area contributed by atoms with Crippen LogP contribution in [0.25, 0.3) is 0 Å². The molecule has 19 heavy (non-hydrogen) atoms. The summed E-state index contributed by atoms with van der Waals surface area (Å²) in [5, 5.41) is 9.48. The van der Waals surface area contributed by atoms with Crippen molar-refractivity contribution < 1.29 is 9.47 Å². The fourth-order valence-electron chi connectivity index (χ4n) is 1.71. The van der Waals surface area contributed by atoms with Crippen LogP contribution in [0.15, 0.2) is 35.7 Å². The molecule has 2 aromatic rings. The Labute approximate surface area is 116 Å². The zero-order chi connectivity index (χ0) is 13.7. The smallest absolute Gasteiger partial charge is 0.130 e. The van der Waals surface area contributed by atoms with Crippen LogP contribution in [-0.2, 0) is 18.0 Å². The lowest BCUT2D eigenvalue weighted by Gasteiger charge is -2.09. The predicted octanol–water partition coefficient (Wildman–Crippen LogP) is 2.76. The van der Waals surface area contributed by atoms with Crippen molar-refractivity contribution in [3.63, 3.8) is 0 Å². The van der Waals surface area contributed by atoms with Gasteiger partial charge in [-0.3, -0.25) is 5.41 Å². The Balaban J connectivity index is 1.99. The van der Waals surface area contributed by atoms with Crippen molar-refractivity contribution in [3.05, 3.63) is 51.7 Å². The van der Waals surface area contributed by atoms with E-state index in [4.69, 9.17) is 20.6 Å². The third-order valence-electron chi connectivity index (χ3n) is 2.65. The molecule has 0 aliphatic carbocycles. The number of benzene rings is 1. The molecule has 1 heterocycles. The van der Waals surface area contributed by atoms with E-state index in [1.807, 2.05) is 29.6 Å². The van der Waals surface area contributed by atoms with Crippen LogP contribution in [-0.4, -0.2) is 12.9 Å². The monoisotopic (exact) mass is 276 g/mol. The molecule has 0 bridgehead atoms. The molecule has 100 valence electrons. The van der Waals surface area contributed by atoms with Crippen LogP contribution in [0.1, 0.15) is 16.0 Å². The normalized spacial score (nSPS) is 10.4. The highest BCUT2D eigenvalue weighted by atomic mass is 32.1. The van der Waals surface area contributed by atoms with Crippen LogP contribution in [0.5, 0.6) is 5.75 Å². The summed E-state index contributed by atoms with van der Waals surface area (Å²) in [7, 11) is 1.57. The van der Waals surface area contributed by atoms with Crippen LogP contribution in [0.2, 0.25) is 0 Å². The number of nitrogens with two attached hydrogens (primary N) is 1. The van der Waals surface area contributed by atoms with Crippen molar-refractivity contribution >= 4 is 17.2 Å². The van der Waals surface area contributed by atoms with Crippen LogP contribution in [0.3, 0.4) is 0 Å². The molecule has 0 spiro atoms. The zero-order valence-corrected chi connectivity index (χ0v) is 11.5. The van der Waals surface area contributed by atoms with Gasteiger partial charge < -0.3 is 15.2 Å². The molecule has 1 aromatic heterocycles. The molecule has 0 unspecified atom stereocenters. The number of rotatable bonds is 6. The summed E-state index contributed by atoms with van der Waals surface area (Å²) in [6.07, 6.45) is 0. The van der Waals surface area contributed by atoms with E-state index in [9.17, 15) is 0 Å². The first-order valence-corrected chi connectivity index (χ1v) is 6.70. The van der Waals surface area contributed by atoms with Crippen molar-refractivity contribution in [1.82, 2.24) is 0 Å². The number of hydrogen-bond acceptors (Lipinski definition) is 4. The highest BCUT2D eigenvalue weighted by Crippen LogP contribution is 2.20. The number of nitrogens with one attached hydrogen (secondary N) is 1. The van der Waals surface area contributed by atoms with Gasteiger partial charge in [-0.1, -0.05) is 12.1 Å². The van der Waals surface area contributed by atoms with E-state index in [0.717, 1.165) is 5.56 Å². The Morgan fingerprint density at radius 3 is 2.79 bits per heavy atom. The highest BCUT2D eigenvalue weighted by Gasteiger charge is 2.07. The van der Waals surface area contributed by atoms with Gasteiger partial charge in [0.2, 0.25) is 0 Å². The fourth-order valence-corrected chi connectivity index (χ4v) is 2.35. The summed E-state index contributed by atoms with van der Waals surface area (Å²) >= 11 is 1.68. The second-order valence-electron chi connectivity index (χ2n) is 4.02. The van der Waals surface area contributed by atoms with E-state index < -0.39 is 0 Å². The minimum absolute atomic E-state index is 0.00269. The SMILES string of the molecule is COc1cc(COCc2cccs2)ccc1C(=N)N. The van der Waals surface area contributed by atoms with Crippen LogP contribution < -0.4 is 10.5 Å². The largest absolute Gasteiger partial charge is 0.496 e.